The molecule has 3 aromatic heterocycles. The van der Waals surface area contributed by atoms with E-state index in [1.807, 2.05) is 36.5 Å². The Bertz CT molecular complexity index is 2090. The number of piperidine rings is 1. The van der Waals surface area contributed by atoms with E-state index in [0.29, 0.717) is 42.8 Å². The predicted octanol–water partition coefficient (Wildman–Crippen LogP) is 4.45. The van der Waals surface area contributed by atoms with Crippen LogP contribution in [0.4, 0.5) is 8.78 Å². The van der Waals surface area contributed by atoms with Crippen LogP contribution in [0.3, 0.4) is 0 Å². The summed E-state index contributed by atoms with van der Waals surface area (Å²) in [6, 6.07) is 15.8. The van der Waals surface area contributed by atoms with Crippen LogP contribution >= 0.6 is 0 Å². The molecule has 2 aromatic carbocycles. The van der Waals surface area contributed by atoms with Gasteiger partial charge in [-0.25, -0.2) is 26.5 Å². The van der Waals surface area contributed by atoms with Crippen LogP contribution < -0.4 is 15.6 Å². The highest BCUT2D eigenvalue weighted by Gasteiger charge is 2.26. The van der Waals surface area contributed by atoms with Crippen LogP contribution in [-0.4, -0.2) is 58.6 Å². The molecule has 0 unspecified atom stereocenters. The molecule has 0 spiro atoms. The molecular formula is C33H31F2N5O5S. The van der Waals surface area contributed by atoms with E-state index in [1.165, 1.54) is 33.5 Å². The van der Waals surface area contributed by atoms with Crippen molar-refractivity contribution in [1.29, 1.82) is 0 Å². The van der Waals surface area contributed by atoms with E-state index >= 15 is 0 Å². The molecule has 1 amide bonds. The number of aromatic nitrogens is 3. The average Bonchev–Trinajstić information content (AvgIpc) is 3.47. The summed E-state index contributed by atoms with van der Waals surface area (Å²) in [4.78, 5) is 33.9. The van der Waals surface area contributed by atoms with Gasteiger partial charge in [-0.2, -0.15) is 0 Å². The molecule has 1 aliphatic heterocycles. The maximum atomic E-state index is 13.7. The van der Waals surface area contributed by atoms with Crippen LogP contribution in [0.15, 0.2) is 84.0 Å². The van der Waals surface area contributed by atoms with Crippen molar-refractivity contribution in [3.8, 4) is 16.9 Å². The molecule has 10 nitrogen and oxygen atoms in total. The topological polar surface area (TPSA) is 126 Å². The first-order chi connectivity index (χ1) is 22.0. The Kier molecular flexibility index (Phi) is 8.69. The minimum atomic E-state index is -3.27. The standard InChI is InChI=1S/C33H31F2N5O5S/c1-46(43,44)40-12-8-24(9-13-40)45-25-15-22(14-23(17-25)28-19-37-31-26(28)4-2-10-36-31)18-38-32(41)27-5-3-11-39(33(27)42)20-21-6-7-29(34)30(35)16-21/h2-7,10-11,14-17,19,24H,8-9,12-13,18,20H2,1H3,(H,36,37)(H,38,41). The van der Waals surface area contributed by atoms with E-state index in [0.717, 1.165) is 34.3 Å². The molecule has 0 aliphatic carbocycles. The van der Waals surface area contributed by atoms with Gasteiger partial charge in [-0.05, 0) is 84.1 Å². The summed E-state index contributed by atoms with van der Waals surface area (Å²) in [5, 5.41) is 3.72. The van der Waals surface area contributed by atoms with Crippen molar-refractivity contribution in [3.05, 3.63) is 118 Å². The van der Waals surface area contributed by atoms with Crippen LogP contribution in [0.2, 0.25) is 0 Å². The van der Waals surface area contributed by atoms with Crippen LogP contribution in [0.25, 0.3) is 22.2 Å². The Balaban J connectivity index is 1.23. The van der Waals surface area contributed by atoms with Crippen LogP contribution in [0, 0.1) is 11.6 Å². The summed E-state index contributed by atoms with van der Waals surface area (Å²) in [5.41, 5.74) is 2.84. The number of fused-ring (bicyclic) bond motifs is 1. The number of H-pyrrole nitrogens is 1. The van der Waals surface area contributed by atoms with E-state index in [2.05, 4.69) is 15.3 Å². The van der Waals surface area contributed by atoms with Crippen molar-refractivity contribution >= 4 is 27.0 Å². The van der Waals surface area contributed by atoms with Crippen molar-refractivity contribution in [2.45, 2.75) is 32.0 Å². The van der Waals surface area contributed by atoms with Gasteiger partial charge in [0.1, 0.15) is 23.1 Å². The smallest absolute Gasteiger partial charge is 0.263 e. The predicted molar refractivity (Wildman–Crippen MR) is 169 cm³/mol. The average molecular weight is 648 g/mol. The van der Waals surface area contributed by atoms with Gasteiger partial charge in [0, 0.05) is 49.2 Å². The molecule has 0 radical (unpaired) electrons. The number of hydrogen-bond donors (Lipinski definition) is 2. The highest BCUT2D eigenvalue weighted by Crippen LogP contribution is 2.32. The minimum Gasteiger partial charge on any atom is -0.490 e. The minimum absolute atomic E-state index is 0.0392. The number of carbonyl (C=O) groups is 1. The Hall–Kier alpha value is -4.88. The number of aromatic amines is 1. The van der Waals surface area contributed by atoms with Crippen LogP contribution in [-0.2, 0) is 23.1 Å². The first-order valence-electron chi connectivity index (χ1n) is 14.6. The lowest BCUT2D eigenvalue weighted by atomic mass is 10.0. The number of nitrogens with zero attached hydrogens (tertiary/aromatic N) is 3. The summed E-state index contributed by atoms with van der Waals surface area (Å²) in [5.74, 6) is -2.04. The van der Waals surface area contributed by atoms with Gasteiger partial charge in [-0.15, -0.1) is 0 Å². The molecule has 1 aliphatic rings. The second kappa shape index (κ2) is 12.9. The summed E-state index contributed by atoms with van der Waals surface area (Å²) in [6.45, 7) is 0.770. The molecule has 0 atom stereocenters. The van der Waals surface area contributed by atoms with E-state index in [1.54, 1.807) is 12.3 Å². The molecule has 1 fully saturated rings. The Morgan fingerprint density at radius 2 is 1.85 bits per heavy atom. The summed E-state index contributed by atoms with van der Waals surface area (Å²) >= 11 is 0. The molecule has 4 heterocycles. The normalized spacial score (nSPS) is 14.4. The fourth-order valence-corrected chi connectivity index (χ4v) is 6.48. The third-order valence-electron chi connectivity index (χ3n) is 7.96. The summed E-state index contributed by atoms with van der Waals surface area (Å²) in [6.07, 6.45) is 7.09. The Morgan fingerprint density at radius 1 is 1.04 bits per heavy atom. The molecular weight excluding hydrogens is 616 g/mol. The number of carbonyl (C=O) groups excluding carboxylic acids is 1. The third-order valence-corrected chi connectivity index (χ3v) is 9.26. The van der Waals surface area contributed by atoms with Crippen molar-refractivity contribution < 1.29 is 26.7 Å². The largest absolute Gasteiger partial charge is 0.490 e. The number of hydrogen-bond acceptors (Lipinski definition) is 6. The van der Waals surface area contributed by atoms with E-state index in [4.69, 9.17) is 4.74 Å². The van der Waals surface area contributed by atoms with Crippen molar-refractivity contribution in [3.63, 3.8) is 0 Å². The van der Waals surface area contributed by atoms with Crippen LogP contribution in [0.5, 0.6) is 5.75 Å². The van der Waals surface area contributed by atoms with Gasteiger partial charge in [0.15, 0.2) is 11.6 Å². The van der Waals surface area contributed by atoms with Crippen LogP contribution in [0.1, 0.15) is 34.3 Å². The number of amides is 1. The first-order valence-corrected chi connectivity index (χ1v) is 16.5. The number of benzene rings is 2. The fourth-order valence-electron chi connectivity index (χ4n) is 5.60. The zero-order valence-electron chi connectivity index (χ0n) is 24.9. The molecule has 1 saturated heterocycles. The van der Waals surface area contributed by atoms with Crippen molar-refractivity contribution in [2.24, 2.45) is 0 Å². The van der Waals surface area contributed by atoms with Crippen molar-refractivity contribution in [2.75, 3.05) is 19.3 Å². The SMILES string of the molecule is CS(=O)(=O)N1CCC(Oc2cc(CNC(=O)c3cccn(Cc4ccc(F)c(F)c4)c3=O)cc(-c3c[nH]c4ncccc34)c2)CC1. The molecule has 5 aromatic rings. The second-order valence-corrected chi connectivity index (χ2v) is 13.2. The molecule has 0 bridgehead atoms. The van der Waals surface area contributed by atoms with E-state index in [-0.39, 0.29) is 24.8 Å². The number of sulfonamides is 1. The lowest BCUT2D eigenvalue weighted by molar-refractivity contribution is 0.0948. The van der Waals surface area contributed by atoms with Gasteiger partial charge in [0.2, 0.25) is 10.0 Å². The quantitative estimate of drug-likeness (QED) is 0.244. The van der Waals surface area contributed by atoms with Crippen molar-refractivity contribution in [1.82, 2.24) is 24.2 Å². The number of halogens is 2. The third kappa shape index (κ3) is 6.85. The lowest BCUT2D eigenvalue weighted by Gasteiger charge is -2.30. The molecule has 2 N–H and O–H groups in total. The monoisotopic (exact) mass is 647 g/mol. The lowest BCUT2D eigenvalue weighted by Crippen LogP contribution is -2.41. The second-order valence-electron chi connectivity index (χ2n) is 11.2. The van der Waals surface area contributed by atoms with E-state index < -0.39 is 33.1 Å². The molecule has 46 heavy (non-hydrogen) atoms. The number of rotatable bonds is 9. The number of ether oxygens (including phenoxy) is 1. The molecule has 238 valence electrons. The molecule has 6 rings (SSSR count). The van der Waals surface area contributed by atoms with Gasteiger partial charge in [-0.3, -0.25) is 9.59 Å². The highest BCUT2D eigenvalue weighted by molar-refractivity contribution is 7.88. The van der Waals surface area contributed by atoms with E-state index in [9.17, 15) is 26.8 Å². The highest BCUT2D eigenvalue weighted by atomic mass is 32.2. The maximum Gasteiger partial charge on any atom is 0.263 e. The maximum absolute atomic E-state index is 13.7. The fraction of sp³-hybridized carbons (Fsp3) is 0.242. The number of nitrogens with one attached hydrogen (secondary N) is 2. The zero-order chi connectivity index (χ0) is 32.4. The van der Waals surface area contributed by atoms with Gasteiger partial charge >= 0.3 is 0 Å². The Morgan fingerprint density at radius 3 is 2.61 bits per heavy atom. The van der Waals surface area contributed by atoms with Gasteiger partial charge in [-0.1, -0.05) is 6.07 Å². The zero-order valence-corrected chi connectivity index (χ0v) is 25.7. The van der Waals surface area contributed by atoms with Gasteiger partial charge in [0.05, 0.1) is 12.8 Å². The summed E-state index contributed by atoms with van der Waals surface area (Å²) < 4.78 is 60.0. The summed E-state index contributed by atoms with van der Waals surface area (Å²) in [7, 11) is -3.27. The van der Waals surface area contributed by atoms with Gasteiger partial charge in [0.25, 0.3) is 11.5 Å². The molecule has 0 saturated carbocycles. The van der Waals surface area contributed by atoms with Gasteiger partial charge < -0.3 is 19.6 Å². The molecule has 13 heteroatoms. The first kappa shape index (κ1) is 31.1. The number of pyridine rings is 2. The Labute approximate surface area is 263 Å².